The van der Waals surface area contributed by atoms with E-state index in [-0.39, 0.29) is 0 Å². The highest BCUT2D eigenvalue weighted by atomic mass is 32.1. The third-order valence-electron chi connectivity index (χ3n) is 1.33. The third-order valence-corrected chi connectivity index (χ3v) is 1.42. The van der Waals surface area contributed by atoms with Crippen LogP contribution >= 0.6 is 12.9 Å². The van der Waals surface area contributed by atoms with E-state index < -0.39 is 0 Å². The van der Waals surface area contributed by atoms with E-state index in [4.69, 9.17) is 0 Å². The predicted molar refractivity (Wildman–Crippen MR) is 48.8 cm³/mol. The minimum atomic E-state index is 1.00. The zero-order chi connectivity index (χ0) is 8.10. The Kier molecular flexibility index (Phi) is 2.98. The first-order valence-corrected chi connectivity index (χ1v) is 3.60. The number of oxime groups is 1. The van der Waals surface area contributed by atoms with Crippen molar-refractivity contribution in [2.45, 2.75) is 6.92 Å². The van der Waals surface area contributed by atoms with Crippen molar-refractivity contribution in [3.63, 3.8) is 0 Å². The minimum Gasteiger partial charge on any atom is -0.326 e. The highest BCUT2D eigenvalue weighted by Crippen LogP contribution is 2.00. The summed E-state index contributed by atoms with van der Waals surface area (Å²) < 4.78 is 4.24. The summed E-state index contributed by atoms with van der Waals surface area (Å²) in [6.45, 7) is 2.04. The summed E-state index contributed by atoms with van der Waals surface area (Å²) >= 11 is 3.47. The highest BCUT2D eigenvalue weighted by molar-refractivity contribution is 7.75. The molecule has 0 aliphatic rings. The normalized spacial score (nSPS) is 10.4. The Morgan fingerprint density at radius 3 is 2.55 bits per heavy atom. The van der Waals surface area contributed by atoms with E-state index in [0.29, 0.717) is 0 Å². The molecular weight excluding hydrogens is 158 g/mol. The number of nitrogens with zero attached hydrogens (tertiary/aromatic N) is 1. The van der Waals surface area contributed by atoms with Crippen LogP contribution in [0.25, 0.3) is 0 Å². The SMILES string of the molecule is Cc1ccc(/C=N/OS)cc1. The van der Waals surface area contributed by atoms with Gasteiger partial charge in [-0.3, -0.25) is 0 Å². The van der Waals surface area contributed by atoms with E-state index in [9.17, 15) is 0 Å². The lowest BCUT2D eigenvalue weighted by Gasteiger charge is -1.92. The molecule has 0 aliphatic heterocycles. The van der Waals surface area contributed by atoms with Gasteiger partial charge in [0.1, 0.15) is 0 Å². The van der Waals surface area contributed by atoms with E-state index >= 15 is 0 Å². The van der Waals surface area contributed by atoms with Crippen molar-refractivity contribution in [2.24, 2.45) is 5.16 Å². The van der Waals surface area contributed by atoms with Crippen LogP contribution in [-0.4, -0.2) is 6.21 Å². The number of thiol groups is 1. The van der Waals surface area contributed by atoms with Crippen molar-refractivity contribution in [1.29, 1.82) is 0 Å². The van der Waals surface area contributed by atoms with Crippen molar-refractivity contribution < 1.29 is 4.28 Å². The summed E-state index contributed by atoms with van der Waals surface area (Å²) in [5.74, 6) is 0. The second-order valence-corrected chi connectivity index (χ2v) is 2.39. The maximum atomic E-state index is 4.24. The van der Waals surface area contributed by atoms with Crippen LogP contribution in [-0.2, 0) is 4.28 Å². The maximum Gasteiger partial charge on any atom is 0.0750 e. The summed E-state index contributed by atoms with van der Waals surface area (Å²) in [4.78, 5) is 0. The molecule has 58 valence electrons. The second-order valence-electron chi connectivity index (χ2n) is 2.23. The Morgan fingerprint density at radius 1 is 1.36 bits per heavy atom. The molecule has 1 aromatic carbocycles. The van der Waals surface area contributed by atoms with Gasteiger partial charge in [0.15, 0.2) is 0 Å². The van der Waals surface area contributed by atoms with Crippen molar-refractivity contribution in [3.8, 4) is 0 Å². The van der Waals surface area contributed by atoms with Gasteiger partial charge >= 0.3 is 0 Å². The van der Waals surface area contributed by atoms with Crippen LogP contribution in [0.5, 0.6) is 0 Å². The Morgan fingerprint density at radius 2 is 2.00 bits per heavy atom. The first-order valence-electron chi connectivity index (χ1n) is 3.23. The summed E-state index contributed by atoms with van der Waals surface area (Å²) in [6, 6.07) is 7.96. The zero-order valence-corrected chi connectivity index (χ0v) is 7.08. The summed E-state index contributed by atoms with van der Waals surface area (Å²) in [7, 11) is 0. The number of rotatable bonds is 2. The van der Waals surface area contributed by atoms with Crippen LogP contribution in [0, 0.1) is 6.92 Å². The Labute approximate surface area is 71.5 Å². The van der Waals surface area contributed by atoms with E-state index in [2.05, 4.69) is 22.3 Å². The molecule has 0 N–H and O–H groups in total. The monoisotopic (exact) mass is 167 g/mol. The molecule has 0 amide bonds. The van der Waals surface area contributed by atoms with Crippen molar-refractivity contribution in [3.05, 3.63) is 35.4 Å². The minimum absolute atomic E-state index is 1.00. The summed E-state index contributed by atoms with van der Waals surface area (Å²) in [5.41, 5.74) is 2.23. The predicted octanol–water partition coefficient (Wildman–Crippen LogP) is 2.19. The first-order chi connectivity index (χ1) is 5.33. The molecule has 0 aromatic heterocycles. The van der Waals surface area contributed by atoms with Gasteiger partial charge in [-0.1, -0.05) is 35.0 Å². The number of aryl methyl sites for hydroxylation is 1. The molecule has 1 rings (SSSR count). The average Bonchev–Trinajstić information content (AvgIpc) is 2.04. The lowest BCUT2D eigenvalue weighted by atomic mass is 10.2. The maximum absolute atomic E-state index is 4.24. The molecule has 0 unspecified atom stereocenters. The van der Waals surface area contributed by atoms with Crippen LogP contribution in [0.3, 0.4) is 0 Å². The van der Waals surface area contributed by atoms with E-state index in [1.165, 1.54) is 5.56 Å². The molecule has 0 heterocycles. The third kappa shape index (κ3) is 2.63. The molecule has 0 bridgehead atoms. The molecule has 0 saturated heterocycles. The van der Waals surface area contributed by atoms with Crippen LogP contribution in [0.15, 0.2) is 29.4 Å². The van der Waals surface area contributed by atoms with E-state index in [1.54, 1.807) is 6.21 Å². The molecule has 2 nitrogen and oxygen atoms in total. The van der Waals surface area contributed by atoms with Gasteiger partial charge in [0.05, 0.1) is 19.1 Å². The van der Waals surface area contributed by atoms with Crippen molar-refractivity contribution in [1.82, 2.24) is 0 Å². The van der Waals surface area contributed by atoms with Crippen LogP contribution in [0.4, 0.5) is 0 Å². The van der Waals surface area contributed by atoms with E-state index in [0.717, 1.165) is 5.56 Å². The first kappa shape index (κ1) is 8.14. The molecule has 0 atom stereocenters. The van der Waals surface area contributed by atoms with E-state index in [1.807, 2.05) is 31.2 Å². The largest absolute Gasteiger partial charge is 0.326 e. The van der Waals surface area contributed by atoms with Gasteiger partial charge in [0.2, 0.25) is 0 Å². The lowest BCUT2D eigenvalue weighted by Crippen LogP contribution is -1.80. The van der Waals surface area contributed by atoms with Crippen LogP contribution < -0.4 is 0 Å². The van der Waals surface area contributed by atoms with Crippen molar-refractivity contribution >= 4 is 19.1 Å². The van der Waals surface area contributed by atoms with Crippen LogP contribution in [0.1, 0.15) is 11.1 Å². The molecule has 3 heteroatoms. The Bertz CT molecular complexity index is 243. The van der Waals surface area contributed by atoms with Gasteiger partial charge in [-0.25, -0.2) is 0 Å². The van der Waals surface area contributed by atoms with Crippen molar-refractivity contribution in [2.75, 3.05) is 0 Å². The quantitative estimate of drug-likeness (QED) is 0.310. The standard InChI is InChI=1S/C8H9NOS/c1-7-2-4-8(5-3-7)6-9-10-11/h2-6,11H,1H3/b9-6+. The van der Waals surface area contributed by atoms with Gasteiger partial charge in [0.25, 0.3) is 0 Å². The number of hydrogen-bond acceptors (Lipinski definition) is 3. The van der Waals surface area contributed by atoms with Gasteiger partial charge in [0, 0.05) is 0 Å². The lowest BCUT2D eigenvalue weighted by molar-refractivity contribution is 0.417. The molecule has 0 fully saturated rings. The topological polar surface area (TPSA) is 21.6 Å². The Balaban J connectivity index is 2.73. The molecule has 0 radical (unpaired) electrons. The highest BCUT2D eigenvalue weighted by Gasteiger charge is 1.85. The molecular formula is C8H9NOS. The zero-order valence-electron chi connectivity index (χ0n) is 6.19. The van der Waals surface area contributed by atoms with Gasteiger partial charge in [-0.2, -0.15) is 0 Å². The smallest absolute Gasteiger partial charge is 0.0750 e. The average molecular weight is 167 g/mol. The molecule has 0 aliphatic carbocycles. The summed E-state index contributed by atoms with van der Waals surface area (Å²) in [5, 5.41) is 3.51. The van der Waals surface area contributed by atoms with Crippen LogP contribution in [0.2, 0.25) is 0 Å². The molecule has 1 aromatic rings. The number of hydrogen-bond donors (Lipinski definition) is 1. The van der Waals surface area contributed by atoms with Gasteiger partial charge in [-0.05, 0) is 12.5 Å². The fourth-order valence-corrected chi connectivity index (χ4v) is 0.784. The summed E-state index contributed by atoms with van der Waals surface area (Å²) in [6.07, 6.45) is 1.60. The molecule has 0 saturated carbocycles. The Hall–Kier alpha value is -0.960. The molecule has 0 spiro atoms. The van der Waals surface area contributed by atoms with Gasteiger partial charge < -0.3 is 4.28 Å². The molecule has 11 heavy (non-hydrogen) atoms. The fraction of sp³-hybridized carbons (Fsp3) is 0.125. The fourth-order valence-electron chi connectivity index (χ4n) is 0.737. The number of benzene rings is 1. The van der Waals surface area contributed by atoms with Gasteiger partial charge in [-0.15, -0.1) is 0 Å². The second kappa shape index (κ2) is 4.03.